The lowest BCUT2D eigenvalue weighted by molar-refractivity contribution is -0.146. The molecular weight excluding hydrogens is 423 g/mol. The first-order chi connectivity index (χ1) is 11.0. The smallest absolute Gasteiger partial charge is 0.407 e. The summed E-state index contributed by atoms with van der Waals surface area (Å²) in [4.78, 5) is 24.2. The summed E-state index contributed by atoms with van der Waals surface area (Å²) in [6.45, 7) is 7.27. The van der Waals surface area contributed by atoms with Crippen molar-refractivity contribution in [2.24, 2.45) is 11.8 Å². The number of carbonyl (C=O) groups excluding carboxylic acids is 2. The molecule has 2 rings (SSSR count). The number of carbonyl (C=O) groups is 2. The van der Waals surface area contributed by atoms with Crippen molar-refractivity contribution in [2.75, 3.05) is 7.11 Å². The highest BCUT2D eigenvalue weighted by molar-refractivity contribution is 14.1. The Morgan fingerprint density at radius 3 is 2.54 bits per heavy atom. The van der Waals surface area contributed by atoms with Gasteiger partial charge in [-0.1, -0.05) is 22.6 Å². The Bertz CT molecular complexity index is 493. The molecule has 1 aliphatic carbocycles. The summed E-state index contributed by atoms with van der Waals surface area (Å²) in [5.41, 5.74) is -0.565. The van der Waals surface area contributed by atoms with Gasteiger partial charge in [-0.3, -0.25) is 10.1 Å². The summed E-state index contributed by atoms with van der Waals surface area (Å²) < 4.78 is 10.4. The third-order valence-corrected chi connectivity index (χ3v) is 6.16. The Morgan fingerprint density at radius 1 is 1.42 bits per heavy atom. The highest BCUT2D eigenvalue weighted by Crippen LogP contribution is 2.48. The lowest BCUT2D eigenvalue weighted by atomic mass is 9.87. The van der Waals surface area contributed by atoms with Crippen LogP contribution in [0.5, 0.6) is 0 Å². The fraction of sp³-hybridized carbons (Fsp3) is 0.882. The van der Waals surface area contributed by atoms with E-state index in [9.17, 15) is 9.59 Å². The van der Waals surface area contributed by atoms with Crippen LogP contribution in [0.3, 0.4) is 0 Å². The van der Waals surface area contributed by atoms with E-state index < -0.39 is 11.7 Å². The minimum Gasteiger partial charge on any atom is -0.469 e. The van der Waals surface area contributed by atoms with Gasteiger partial charge in [0, 0.05) is 12.1 Å². The van der Waals surface area contributed by atoms with Gasteiger partial charge in [-0.05, 0) is 59.3 Å². The molecule has 0 aromatic heterocycles. The van der Waals surface area contributed by atoms with E-state index in [0.717, 1.165) is 6.42 Å². The number of methoxy groups -OCH3 is 1. The van der Waals surface area contributed by atoms with Crippen LogP contribution in [0.15, 0.2) is 0 Å². The minimum atomic E-state index is -0.565. The van der Waals surface area contributed by atoms with Crippen molar-refractivity contribution in [1.29, 1.82) is 0 Å². The molecule has 0 aromatic rings. The van der Waals surface area contributed by atoms with E-state index in [4.69, 9.17) is 9.47 Å². The molecule has 5 atom stereocenters. The SMILES string of the molecule is COC(=O)C(CC1N[C@]2(I)CCC1C2)[C@@H](C)NC(=O)OC(C)(C)C. The molecule has 1 aliphatic heterocycles. The predicted molar refractivity (Wildman–Crippen MR) is 100.0 cm³/mol. The average Bonchev–Trinajstić information content (AvgIpc) is 2.96. The van der Waals surface area contributed by atoms with Crippen molar-refractivity contribution in [3.05, 3.63) is 0 Å². The number of hydrogen-bond donors (Lipinski definition) is 2. The molecule has 0 aromatic carbocycles. The Hall–Kier alpha value is -0.570. The third kappa shape index (κ3) is 4.97. The van der Waals surface area contributed by atoms with Gasteiger partial charge >= 0.3 is 12.1 Å². The topological polar surface area (TPSA) is 76.7 Å². The molecule has 138 valence electrons. The van der Waals surface area contributed by atoms with Gasteiger partial charge in [-0.2, -0.15) is 0 Å². The number of rotatable bonds is 5. The largest absolute Gasteiger partial charge is 0.469 e. The molecule has 2 fully saturated rings. The van der Waals surface area contributed by atoms with Gasteiger partial charge in [-0.25, -0.2) is 4.79 Å². The maximum Gasteiger partial charge on any atom is 0.407 e. The highest BCUT2D eigenvalue weighted by Gasteiger charge is 2.49. The second-order valence-corrected chi connectivity index (χ2v) is 10.1. The number of esters is 1. The van der Waals surface area contributed by atoms with Crippen LogP contribution < -0.4 is 10.6 Å². The van der Waals surface area contributed by atoms with Crippen molar-refractivity contribution in [2.45, 2.75) is 74.6 Å². The van der Waals surface area contributed by atoms with Crippen LogP contribution >= 0.6 is 22.6 Å². The van der Waals surface area contributed by atoms with Crippen molar-refractivity contribution < 1.29 is 19.1 Å². The third-order valence-electron chi connectivity index (χ3n) is 4.87. The van der Waals surface area contributed by atoms with Crippen LogP contribution in [0.25, 0.3) is 0 Å². The molecule has 6 nitrogen and oxygen atoms in total. The van der Waals surface area contributed by atoms with Gasteiger partial charge < -0.3 is 14.8 Å². The minimum absolute atomic E-state index is 0.176. The predicted octanol–water partition coefficient (Wildman–Crippen LogP) is 2.98. The van der Waals surface area contributed by atoms with Crippen LogP contribution in [0, 0.1) is 11.8 Å². The zero-order valence-corrected chi connectivity index (χ0v) is 17.3. The quantitative estimate of drug-likeness (QED) is 0.290. The molecule has 2 aliphatic rings. The molecular formula is C17H29IN2O4. The second-order valence-electron chi connectivity index (χ2n) is 8.02. The van der Waals surface area contributed by atoms with Gasteiger partial charge in [0.05, 0.1) is 16.6 Å². The first-order valence-electron chi connectivity index (χ1n) is 8.57. The lowest BCUT2D eigenvalue weighted by Gasteiger charge is -2.32. The fourth-order valence-electron chi connectivity index (χ4n) is 3.73. The van der Waals surface area contributed by atoms with Gasteiger partial charge in [0.25, 0.3) is 0 Å². The van der Waals surface area contributed by atoms with E-state index in [1.54, 1.807) is 0 Å². The normalized spacial score (nSPS) is 31.4. The van der Waals surface area contributed by atoms with E-state index >= 15 is 0 Å². The van der Waals surface area contributed by atoms with E-state index in [0.29, 0.717) is 18.4 Å². The number of alkyl halides is 1. The van der Waals surface area contributed by atoms with Gasteiger partial charge in [0.1, 0.15) is 5.60 Å². The Morgan fingerprint density at radius 2 is 2.08 bits per heavy atom. The summed E-state index contributed by atoms with van der Waals surface area (Å²) in [5, 5.41) is 6.45. The fourth-order valence-corrected chi connectivity index (χ4v) is 5.01. The van der Waals surface area contributed by atoms with Gasteiger partial charge in [0.2, 0.25) is 0 Å². The van der Waals surface area contributed by atoms with Crippen LogP contribution in [-0.2, 0) is 14.3 Å². The zero-order chi connectivity index (χ0) is 18.1. The molecule has 1 saturated carbocycles. The first kappa shape index (κ1) is 19.8. The monoisotopic (exact) mass is 452 g/mol. The first-order valence-corrected chi connectivity index (χ1v) is 9.65. The van der Waals surface area contributed by atoms with Crippen molar-refractivity contribution in [3.8, 4) is 0 Å². The Balaban J connectivity index is 1.98. The van der Waals surface area contributed by atoms with E-state index in [-0.39, 0.29) is 21.5 Å². The zero-order valence-electron chi connectivity index (χ0n) is 15.1. The summed E-state index contributed by atoms with van der Waals surface area (Å²) >= 11 is 2.49. The van der Waals surface area contributed by atoms with Crippen molar-refractivity contribution in [1.82, 2.24) is 10.6 Å². The van der Waals surface area contributed by atoms with Crippen LogP contribution in [0.1, 0.15) is 53.4 Å². The number of hydrogen-bond acceptors (Lipinski definition) is 5. The number of alkyl carbamates (subject to hydrolysis) is 1. The maximum atomic E-state index is 12.2. The van der Waals surface area contributed by atoms with Crippen LogP contribution in [-0.4, -0.2) is 40.4 Å². The number of piperidine rings is 1. The van der Waals surface area contributed by atoms with E-state index in [1.807, 2.05) is 27.7 Å². The molecule has 0 radical (unpaired) electrons. The summed E-state index contributed by atoms with van der Waals surface area (Å²) in [6.07, 6.45) is 3.69. The molecule has 1 amide bonds. The van der Waals surface area contributed by atoms with Gasteiger partial charge in [-0.15, -0.1) is 0 Å². The standard InChI is InChI=1S/C17H29IN2O4/c1-10(19-15(22)24-16(2,3)4)12(14(21)23-5)8-13-11-6-7-17(18,9-11)20-13/h10-13,20H,6-9H2,1-5H3,(H,19,22)/t10-,11?,12?,13?,17-/m1/s1. The van der Waals surface area contributed by atoms with Crippen molar-refractivity contribution >= 4 is 34.7 Å². The summed E-state index contributed by atoms with van der Waals surface area (Å²) in [6, 6.07) is -0.0546. The molecule has 1 saturated heterocycles. The van der Waals surface area contributed by atoms with Gasteiger partial charge in [0.15, 0.2) is 0 Å². The average molecular weight is 452 g/mol. The Labute approximate surface area is 157 Å². The molecule has 0 spiro atoms. The molecule has 24 heavy (non-hydrogen) atoms. The maximum absolute atomic E-state index is 12.2. The van der Waals surface area contributed by atoms with E-state index in [1.165, 1.54) is 20.0 Å². The molecule has 3 unspecified atom stereocenters. The molecule has 2 N–H and O–H groups in total. The number of nitrogens with one attached hydrogen (secondary N) is 2. The Kier molecular flexibility index (Phi) is 6.05. The van der Waals surface area contributed by atoms with E-state index in [2.05, 4.69) is 33.2 Å². The van der Waals surface area contributed by atoms with Crippen LogP contribution in [0.2, 0.25) is 0 Å². The lowest BCUT2D eigenvalue weighted by Crippen LogP contribution is -2.48. The molecule has 7 heteroatoms. The number of amides is 1. The molecule has 1 heterocycles. The number of halogens is 1. The molecule has 2 bridgehead atoms. The summed E-state index contributed by atoms with van der Waals surface area (Å²) in [5.74, 6) is -0.0761. The number of fused-ring (bicyclic) bond motifs is 2. The number of ether oxygens (including phenoxy) is 2. The second kappa shape index (κ2) is 7.35. The van der Waals surface area contributed by atoms with Crippen molar-refractivity contribution in [3.63, 3.8) is 0 Å². The van der Waals surface area contributed by atoms with Crippen LogP contribution in [0.4, 0.5) is 4.79 Å². The summed E-state index contributed by atoms with van der Waals surface area (Å²) in [7, 11) is 1.39. The highest BCUT2D eigenvalue weighted by atomic mass is 127.